The number of nitrogens with zero attached hydrogens (tertiary/aromatic N) is 4. The Kier molecular flexibility index (Phi) is 8.03. The summed E-state index contributed by atoms with van der Waals surface area (Å²) in [7, 11) is 2.13. The Morgan fingerprint density at radius 2 is 1.85 bits per heavy atom. The van der Waals surface area contributed by atoms with Gasteiger partial charge in [0.25, 0.3) is 0 Å². The van der Waals surface area contributed by atoms with Crippen LogP contribution in [0.5, 0.6) is 5.75 Å². The summed E-state index contributed by atoms with van der Waals surface area (Å²) in [5, 5.41) is 2.14. The molecular formula is C31H40N4O3S. The first-order valence-electron chi connectivity index (χ1n) is 14.0. The molecule has 0 spiro atoms. The highest BCUT2D eigenvalue weighted by molar-refractivity contribution is 7.17. The average molecular weight is 549 g/mol. The molecule has 0 radical (unpaired) electrons. The van der Waals surface area contributed by atoms with Crippen LogP contribution >= 0.6 is 11.3 Å². The summed E-state index contributed by atoms with van der Waals surface area (Å²) >= 11 is 1.77. The van der Waals surface area contributed by atoms with Gasteiger partial charge in [0.1, 0.15) is 17.5 Å². The van der Waals surface area contributed by atoms with Crippen LogP contribution in [0.1, 0.15) is 58.2 Å². The number of thiophene rings is 1. The van der Waals surface area contributed by atoms with Gasteiger partial charge in [-0.15, -0.1) is 11.3 Å². The molecule has 1 aromatic carbocycles. The van der Waals surface area contributed by atoms with E-state index in [-0.39, 0.29) is 12.2 Å². The van der Waals surface area contributed by atoms with E-state index in [2.05, 4.69) is 64.9 Å². The quantitative estimate of drug-likeness (QED) is 0.236. The Morgan fingerprint density at radius 3 is 2.51 bits per heavy atom. The summed E-state index contributed by atoms with van der Waals surface area (Å²) in [5.41, 5.74) is 4.52. The van der Waals surface area contributed by atoms with Crippen molar-refractivity contribution in [3.05, 3.63) is 59.2 Å². The van der Waals surface area contributed by atoms with Gasteiger partial charge in [0.2, 0.25) is 0 Å². The van der Waals surface area contributed by atoms with Crippen LogP contribution in [0.2, 0.25) is 0 Å². The summed E-state index contributed by atoms with van der Waals surface area (Å²) in [5.74, 6) is 1.93. The number of ether oxygens (including phenoxy) is 2. The second-order valence-corrected chi connectivity index (χ2v) is 12.4. The number of hydrogen-bond acceptors (Lipinski definition) is 5. The van der Waals surface area contributed by atoms with Gasteiger partial charge < -0.3 is 23.5 Å². The van der Waals surface area contributed by atoms with Crippen LogP contribution in [0.3, 0.4) is 0 Å². The van der Waals surface area contributed by atoms with E-state index in [1.54, 1.807) is 16.2 Å². The molecule has 3 aromatic heterocycles. The summed E-state index contributed by atoms with van der Waals surface area (Å²) in [4.78, 5) is 19.0. The fraction of sp³-hybridized carbons (Fsp3) is 0.484. The molecule has 0 unspecified atom stereocenters. The maximum atomic E-state index is 12.3. The van der Waals surface area contributed by atoms with Crippen molar-refractivity contribution in [3.8, 4) is 17.3 Å². The minimum absolute atomic E-state index is 0.111. The fourth-order valence-corrected chi connectivity index (χ4v) is 6.08. The van der Waals surface area contributed by atoms with E-state index in [4.69, 9.17) is 14.5 Å². The molecule has 7 nitrogen and oxygen atoms in total. The van der Waals surface area contributed by atoms with Gasteiger partial charge in [-0.2, -0.15) is 0 Å². The summed E-state index contributed by atoms with van der Waals surface area (Å²) < 4.78 is 17.7. The number of hydrogen-bond donors (Lipinski definition) is 0. The van der Waals surface area contributed by atoms with E-state index < -0.39 is 5.60 Å². The van der Waals surface area contributed by atoms with Crippen LogP contribution in [0.4, 0.5) is 4.79 Å². The molecule has 1 aliphatic rings. The Hall–Kier alpha value is -3.26. The van der Waals surface area contributed by atoms with E-state index >= 15 is 0 Å². The molecule has 1 aliphatic heterocycles. The van der Waals surface area contributed by atoms with Gasteiger partial charge >= 0.3 is 6.09 Å². The van der Waals surface area contributed by atoms with Crippen molar-refractivity contribution < 1.29 is 14.3 Å². The normalized spacial score (nSPS) is 14.7. The molecule has 4 heterocycles. The number of rotatable bonds is 8. The van der Waals surface area contributed by atoms with Crippen molar-refractivity contribution in [3.63, 3.8) is 0 Å². The molecular weight excluding hydrogens is 508 g/mol. The van der Waals surface area contributed by atoms with E-state index in [9.17, 15) is 4.79 Å². The molecule has 0 aliphatic carbocycles. The third kappa shape index (κ3) is 6.32. The Labute approximate surface area is 235 Å². The number of likely N-dealkylation sites (tertiary alicyclic amines) is 1. The third-order valence-electron chi connectivity index (χ3n) is 7.28. The Bertz CT molecular complexity index is 1400. The van der Waals surface area contributed by atoms with Gasteiger partial charge in [-0.25, -0.2) is 9.78 Å². The molecule has 0 bridgehead atoms. The van der Waals surface area contributed by atoms with Gasteiger partial charge in [0.15, 0.2) is 5.82 Å². The van der Waals surface area contributed by atoms with Crippen molar-refractivity contribution in [2.75, 3.05) is 13.1 Å². The standard InChI is InChI=1S/C31H40N4O3S/c1-6-7-23-21-32-29(27-20-28-26(33(27)5)15-19-39-28)35(23)18-12-22-8-10-24(11-9-22)37-25-13-16-34(17-14-25)30(36)38-31(2,3)4/h8-11,15,19-21,25H,6-7,12-14,16-18H2,1-5H3. The van der Waals surface area contributed by atoms with Crippen LogP contribution in [0, 0.1) is 0 Å². The van der Waals surface area contributed by atoms with Crippen LogP contribution in [-0.2, 0) is 31.2 Å². The average Bonchev–Trinajstić information content (AvgIpc) is 3.60. The first kappa shape index (κ1) is 27.3. The molecule has 1 amide bonds. The second kappa shape index (κ2) is 11.5. The number of fused-ring (bicyclic) bond motifs is 1. The monoisotopic (exact) mass is 548 g/mol. The molecule has 39 heavy (non-hydrogen) atoms. The molecule has 0 saturated carbocycles. The van der Waals surface area contributed by atoms with Crippen molar-refractivity contribution in [2.24, 2.45) is 7.05 Å². The first-order valence-corrected chi connectivity index (χ1v) is 14.9. The maximum absolute atomic E-state index is 12.3. The zero-order valence-corrected chi connectivity index (χ0v) is 24.6. The largest absolute Gasteiger partial charge is 0.490 e. The number of piperidine rings is 1. The van der Waals surface area contributed by atoms with Gasteiger partial charge in [0.05, 0.1) is 15.9 Å². The van der Waals surface area contributed by atoms with Crippen molar-refractivity contribution in [2.45, 2.75) is 78.0 Å². The molecule has 0 N–H and O–H groups in total. The van der Waals surface area contributed by atoms with Gasteiger partial charge in [-0.05, 0) is 68.8 Å². The lowest BCUT2D eigenvalue weighted by atomic mass is 10.1. The van der Waals surface area contributed by atoms with Crippen molar-refractivity contribution in [1.82, 2.24) is 19.0 Å². The lowest BCUT2D eigenvalue weighted by Crippen LogP contribution is -2.44. The van der Waals surface area contributed by atoms with Crippen LogP contribution in [-0.4, -0.2) is 49.9 Å². The Morgan fingerprint density at radius 1 is 1.10 bits per heavy atom. The highest BCUT2D eigenvalue weighted by Crippen LogP contribution is 2.31. The summed E-state index contributed by atoms with van der Waals surface area (Å²) in [6.07, 6.45) is 6.57. The lowest BCUT2D eigenvalue weighted by Gasteiger charge is -2.33. The minimum atomic E-state index is -0.471. The smallest absolute Gasteiger partial charge is 0.410 e. The molecule has 5 rings (SSSR count). The topological polar surface area (TPSA) is 61.5 Å². The number of carbonyl (C=O) groups is 1. The number of aromatic nitrogens is 3. The second-order valence-electron chi connectivity index (χ2n) is 11.4. The SMILES string of the molecule is CCCc1cnc(-c2cc3sccc3n2C)n1CCc1ccc(OC2CCN(C(=O)OC(C)(C)C)CC2)cc1. The van der Waals surface area contributed by atoms with Gasteiger partial charge in [-0.3, -0.25) is 0 Å². The zero-order valence-electron chi connectivity index (χ0n) is 23.8. The number of benzene rings is 1. The molecule has 4 aromatic rings. The number of aryl methyl sites for hydroxylation is 3. The van der Waals surface area contributed by atoms with E-state index in [0.717, 1.165) is 50.2 Å². The highest BCUT2D eigenvalue weighted by atomic mass is 32.1. The predicted molar refractivity (Wildman–Crippen MR) is 158 cm³/mol. The minimum Gasteiger partial charge on any atom is -0.490 e. The van der Waals surface area contributed by atoms with Gasteiger partial charge in [-0.1, -0.05) is 25.5 Å². The number of amides is 1. The molecule has 1 fully saturated rings. The summed E-state index contributed by atoms with van der Waals surface area (Å²) in [6.45, 7) is 10.1. The molecule has 1 saturated heterocycles. The van der Waals surface area contributed by atoms with Crippen molar-refractivity contribution >= 4 is 27.6 Å². The maximum Gasteiger partial charge on any atom is 0.410 e. The zero-order chi connectivity index (χ0) is 27.6. The van der Waals surface area contributed by atoms with E-state index in [1.807, 2.05) is 27.0 Å². The summed E-state index contributed by atoms with van der Waals surface area (Å²) in [6, 6.07) is 12.9. The molecule has 8 heteroatoms. The number of carbonyl (C=O) groups excluding carboxylic acids is 1. The van der Waals surface area contributed by atoms with Crippen molar-refractivity contribution in [1.29, 1.82) is 0 Å². The molecule has 0 atom stereocenters. The first-order chi connectivity index (χ1) is 18.7. The van der Waals surface area contributed by atoms with E-state index in [0.29, 0.717) is 13.1 Å². The van der Waals surface area contributed by atoms with Crippen LogP contribution in [0.25, 0.3) is 21.7 Å². The number of imidazole rings is 1. The predicted octanol–water partition coefficient (Wildman–Crippen LogP) is 7.08. The molecule has 208 valence electrons. The van der Waals surface area contributed by atoms with Crippen LogP contribution < -0.4 is 4.74 Å². The Balaban J connectivity index is 1.19. The van der Waals surface area contributed by atoms with E-state index in [1.165, 1.54) is 27.2 Å². The van der Waals surface area contributed by atoms with Gasteiger partial charge in [0, 0.05) is 51.4 Å². The highest BCUT2D eigenvalue weighted by Gasteiger charge is 2.27. The lowest BCUT2D eigenvalue weighted by molar-refractivity contribution is 0.0126. The van der Waals surface area contributed by atoms with Crippen LogP contribution in [0.15, 0.2) is 48.0 Å². The fourth-order valence-electron chi connectivity index (χ4n) is 5.24. The third-order valence-corrected chi connectivity index (χ3v) is 8.13.